The zero-order valence-electron chi connectivity index (χ0n) is 11.9. The van der Waals surface area contributed by atoms with E-state index in [0.29, 0.717) is 43.0 Å². The van der Waals surface area contributed by atoms with Gasteiger partial charge in [-0.2, -0.15) is 0 Å². The molecule has 0 radical (unpaired) electrons. The van der Waals surface area contributed by atoms with Gasteiger partial charge in [-0.3, -0.25) is 4.79 Å². The van der Waals surface area contributed by atoms with Crippen LogP contribution in [0.5, 0.6) is 0 Å². The van der Waals surface area contributed by atoms with Gasteiger partial charge in [-0.1, -0.05) is 26.1 Å². The van der Waals surface area contributed by atoms with Crippen LogP contribution in [0.4, 0.5) is 0 Å². The molecule has 2 rings (SSSR count). The molecular weight excluding hydrogens is 260 g/mol. The van der Waals surface area contributed by atoms with E-state index >= 15 is 0 Å². The Hall–Kier alpha value is -0.680. The van der Waals surface area contributed by atoms with Gasteiger partial charge in [-0.15, -0.1) is 0 Å². The molecule has 5 heteroatoms. The van der Waals surface area contributed by atoms with Crippen LogP contribution in [0, 0.1) is 11.3 Å². The molecule has 0 aromatic carbocycles. The second-order valence-electron chi connectivity index (χ2n) is 6.01. The van der Waals surface area contributed by atoms with Gasteiger partial charge in [0, 0.05) is 25.8 Å². The van der Waals surface area contributed by atoms with E-state index in [9.17, 15) is 4.79 Å². The highest BCUT2D eigenvalue weighted by Gasteiger charge is 2.47. The van der Waals surface area contributed by atoms with Crippen molar-refractivity contribution in [2.75, 3.05) is 19.8 Å². The van der Waals surface area contributed by atoms with Crippen LogP contribution in [0.3, 0.4) is 0 Å². The van der Waals surface area contributed by atoms with Crippen LogP contribution in [0.2, 0.25) is 0 Å². The Morgan fingerprint density at radius 3 is 2.58 bits per heavy atom. The molecule has 0 aromatic heterocycles. The predicted molar refractivity (Wildman–Crippen MR) is 78.8 cm³/mol. The van der Waals surface area contributed by atoms with Gasteiger partial charge >= 0.3 is 0 Å². The van der Waals surface area contributed by atoms with Gasteiger partial charge in [-0.05, 0) is 31.6 Å². The molecule has 2 aliphatic rings. The number of thiocarbonyl (C=S) groups is 1. The number of rotatable bonds is 3. The summed E-state index contributed by atoms with van der Waals surface area (Å²) in [4.78, 5) is 15.3. The first-order valence-electron chi connectivity index (χ1n) is 7.18. The largest absolute Gasteiger partial charge is 0.392 e. The van der Waals surface area contributed by atoms with Crippen LogP contribution in [-0.2, 0) is 9.53 Å². The fourth-order valence-corrected chi connectivity index (χ4v) is 3.59. The number of nitrogens with zero attached hydrogens (tertiary/aromatic N) is 1. The molecule has 0 spiro atoms. The smallest absolute Gasteiger partial charge is 0.236 e. The van der Waals surface area contributed by atoms with Gasteiger partial charge in [0.15, 0.2) is 0 Å². The van der Waals surface area contributed by atoms with Crippen LogP contribution in [0.1, 0.15) is 39.5 Å². The molecule has 0 saturated carbocycles. The molecule has 4 nitrogen and oxygen atoms in total. The summed E-state index contributed by atoms with van der Waals surface area (Å²) in [5.41, 5.74) is 5.26. The molecule has 2 heterocycles. The topological polar surface area (TPSA) is 55.6 Å². The zero-order chi connectivity index (χ0) is 14.0. The number of likely N-dealkylation sites (tertiary alicyclic amines) is 1. The fraction of sp³-hybridized carbons (Fsp3) is 0.857. The minimum atomic E-state index is -0.662. The molecule has 1 unspecified atom stereocenters. The molecule has 1 atom stereocenters. The molecule has 2 saturated heterocycles. The first-order chi connectivity index (χ1) is 8.99. The van der Waals surface area contributed by atoms with E-state index in [4.69, 9.17) is 22.7 Å². The number of carbonyl (C=O) groups is 1. The maximum absolute atomic E-state index is 13.0. The van der Waals surface area contributed by atoms with E-state index in [1.54, 1.807) is 0 Å². The first-order valence-corrected chi connectivity index (χ1v) is 7.58. The van der Waals surface area contributed by atoms with Crippen LogP contribution in [-0.4, -0.2) is 41.6 Å². The Balaban J connectivity index is 2.22. The Bertz CT molecular complexity index is 364. The van der Waals surface area contributed by atoms with Crippen molar-refractivity contribution in [2.24, 2.45) is 17.1 Å². The monoisotopic (exact) mass is 284 g/mol. The Labute approximate surface area is 120 Å². The van der Waals surface area contributed by atoms with Gasteiger partial charge in [0.2, 0.25) is 5.91 Å². The molecule has 0 aromatic rings. The van der Waals surface area contributed by atoms with Crippen molar-refractivity contribution in [1.29, 1.82) is 0 Å². The molecule has 108 valence electrons. The molecule has 0 aliphatic carbocycles. The summed E-state index contributed by atoms with van der Waals surface area (Å²) in [6.07, 6.45) is 3.43. The SMILES string of the molecule is CC(C)C1CCCN1C(=O)C1(C(N)=S)CCOCC1. The summed E-state index contributed by atoms with van der Waals surface area (Å²) < 4.78 is 5.38. The number of amides is 1. The quantitative estimate of drug-likeness (QED) is 0.802. The summed E-state index contributed by atoms with van der Waals surface area (Å²) in [7, 11) is 0. The maximum atomic E-state index is 13.0. The lowest BCUT2D eigenvalue weighted by molar-refractivity contribution is -0.144. The molecular formula is C14H24N2O2S. The van der Waals surface area contributed by atoms with E-state index < -0.39 is 5.41 Å². The second-order valence-corrected chi connectivity index (χ2v) is 6.45. The van der Waals surface area contributed by atoms with Gasteiger partial charge in [0.05, 0.1) is 4.99 Å². The molecule has 1 amide bonds. The Morgan fingerprint density at radius 2 is 2.05 bits per heavy atom. The van der Waals surface area contributed by atoms with E-state index in [1.165, 1.54) is 0 Å². The first kappa shape index (κ1) is 14.7. The normalized spacial score (nSPS) is 26.7. The number of hydrogen-bond acceptors (Lipinski definition) is 3. The third-order valence-corrected chi connectivity index (χ3v) is 4.95. The van der Waals surface area contributed by atoms with Crippen LogP contribution in [0.25, 0.3) is 0 Å². The maximum Gasteiger partial charge on any atom is 0.236 e. The standard InChI is InChI=1S/C14H24N2O2S/c1-10(2)11-4-3-7-16(11)13(17)14(12(15)19)5-8-18-9-6-14/h10-11H,3-9H2,1-2H3,(H2,15,19). The van der Waals surface area contributed by atoms with E-state index in [2.05, 4.69) is 13.8 Å². The van der Waals surface area contributed by atoms with Crippen LogP contribution < -0.4 is 5.73 Å². The zero-order valence-corrected chi connectivity index (χ0v) is 12.7. The number of ether oxygens (including phenoxy) is 1. The lowest BCUT2D eigenvalue weighted by atomic mass is 9.78. The van der Waals surface area contributed by atoms with Crippen molar-refractivity contribution >= 4 is 23.1 Å². The van der Waals surface area contributed by atoms with Gasteiger partial charge in [-0.25, -0.2) is 0 Å². The third-order valence-electron chi connectivity index (χ3n) is 4.56. The highest BCUT2D eigenvalue weighted by molar-refractivity contribution is 7.80. The van der Waals surface area contributed by atoms with E-state index in [-0.39, 0.29) is 5.91 Å². The average molecular weight is 284 g/mol. The molecule has 19 heavy (non-hydrogen) atoms. The molecule has 2 fully saturated rings. The summed E-state index contributed by atoms with van der Waals surface area (Å²) >= 11 is 5.22. The van der Waals surface area contributed by atoms with Gasteiger partial charge < -0.3 is 15.4 Å². The molecule has 0 bridgehead atoms. The summed E-state index contributed by atoms with van der Waals surface area (Å²) in [6, 6.07) is 0.335. The number of hydrogen-bond donors (Lipinski definition) is 1. The average Bonchev–Trinajstić information content (AvgIpc) is 2.87. The fourth-order valence-electron chi connectivity index (χ4n) is 3.30. The van der Waals surface area contributed by atoms with Crippen molar-refractivity contribution in [3.05, 3.63) is 0 Å². The molecule has 2 N–H and O–H groups in total. The van der Waals surface area contributed by atoms with Crippen molar-refractivity contribution < 1.29 is 9.53 Å². The van der Waals surface area contributed by atoms with E-state index in [1.807, 2.05) is 4.90 Å². The van der Waals surface area contributed by atoms with E-state index in [0.717, 1.165) is 19.4 Å². The number of carbonyl (C=O) groups excluding carboxylic acids is 1. The van der Waals surface area contributed by atoms with Gasteiger partial charge in [0.25, 0.3) is 0 Å². The van der Waals surface area contributed by atoms with Crippen molar-refractivity contribution in [3.63, 3.8) is 0 Å². The van der Waals surface area contributed by atoms with Crippen molar-refractivity contribution in [1.82, 2.24) is 4.90 Å². The predicted octanol–water partition coefficient (Wildman–Crippen LogP) is 1.72. The van der Waals surface area contributed by atoms with Gasteiger partial charge in [0.1, 0.15) is 5.41 Å². The second kappa shape index (κ2) is 5.75. The highest BCUT2D eigenvalue weighted by Crippen LogP contribution is 2.36. The summed E-state index contributed by atoms with van der Waals surface area (Å²) in [5, 5.41) is 0. The third kappa shape index (κ3) is 2.63. The lowest BCUT2D eigenvalue weighted by Crippen LogP contribution is -2.55. The summed E-state index contributed by atoms with van der Waals surface area (Å²) in [6.45, 7) is 6.33. The molecule has 2 aliphatic heterocycles. The van der Waals surface area contributed by atoms with Crippen molar-refractivity contribution in [2.45, 2.75) is 45.6 Å². The van der Waals surface area contributed by atoms with Crippen LogP contribution in [0.15, 0.2) is 0 Å². The highest BCUT2D eigenvalue weighted by atomic mass is 32.1. The van der Waals surface area contributed by atoms with Crippen molar-refractivity contribution in [3.8, 4) is 0 Å². The lowest BCUT2D eigenvalue weighted by Gasteiger charge is -2.40. The Morgan fingerprint density at radius 1 is 1.42 bits per heavy atom. The number of nitrogens with two attached hydrogens (primary N) is 1. The summed E-state index contributed by atoms with van der Waals surface area (Å²) in [5.74, 6) is 0.620. The van der Waals surface area contributed by atoms with Crippen LogP contribution >= 0.6 is 12.2 Å². The Kier molecular flexibility index (Phi) is 4.46. The minimum absolute atomic E-state index is 0.138. The minimum Gasteiger partial charge on any atom is -0.392 e.